The summed E-state index contributed by atoms with van der Waals surface area (Å²) in [6, 6.07) is 0. The molecule has 0 radical (unpaired) electrons. The molecule has 1 heterocycles. The number of hydrogen-bond acceptors (Lipinski definition) is 2. The Morgan fingerprint density at radius 1 is 1.38 bits per heavy atom. The highest BCUT2D eigenvalue weighted by Crippen LogP contribution is 2.38. The summed E-state index contributed by atoms with van der Waals surface area (Å²) < 4.78 is 5.13. The van der Waals surface area contributed by atoms with Gasteiger partial charge in [-0.1, -0.05) is 26.0 Å². The normalized spacial score (nSPS) is 41.9. The lowest BCUT2D eigenvalue weighted by Gasteiger charge is -2.34. The van der Waals surface area contributed by atoms with Gasteiger partial charge in [0.05, 0.1) is 18.3 Å². The van der Waals surface area contributed by atoms with Crippen molar-refractivity contribution < 1.29 is 9.84 Å². The summed E-state index contributed by atoms with van der Waals surface area (Å²) in [4.78, 5) is 0. The fraction of sp³-hybridized carbons (Fsp3) is 0.818. The van der Waals surface area contributed by atoms with Crippen molar-refractivity contribution in [2.75, 3.05) is 6.61 Å². The van der Waals surface area contributed by atoms with Crippen LogP contribution in [0.25, 0.3) is 0 Å². The van der Waals surface area contributed by atoms with Crippen LogP contribution in [0.3, 0.4) is 0 Å². The summed E-state index contributed by atoms with van der Waals surface area (Å²) in [7, 11) is 0. The lowest BCUT2D eigenvalue weighted by Crippen LogP contribution is -2.33. The van der Waals surface area contributed by atoms with Gasteiger partial charge in [0.15, 0.2) is 0 Å². The quantitative estimate of drug-likeness (QED) is 0.522. The second-order valence-electron chi connectivity index (χ2n) is 5.08. The summed E-state index contributed by atoms with van der Waals surface area (Å²) in [5.74, 6) is 0. The minimum absolute atomic E-state index is 0.261. The van der Waals surface area contributed by atoms with E-state index in [1.54, 1.807) is 0 Å². The molecular weight excluding hydrogens is 164 g/mol. The maximum atomic E-state index is 10.1. The molecule has 2 heteroatoms. The van der Waals surface area contributed by atoms with Gasteiger partial charge in [0.1, 0.15) is 0 Å². The fourth-order valence-corrected chi connectivity index (χ4v) is 1.84. The first-order valence-electron chi connectivity index (χ1n) is 5.04. The molecule has 2 aliphatic rings. The molecule has 0 aromatic carbocycles. The van der Waals surface area contributed by atoms with Crippen LogP contribution in [-0.4, -0.2) is 23.4 Å². The molecule has 0 spiro atoms. The highest BCUT2D eigenvalue weighted by molar-refractivity contribution is 5.12. The van der Waals surface area contributed by atoms with E-state index >= 15 is 0 Å². The van der Waals surface area contributed by atoms with E-state index < -0.39 is 5.60 Å². The van der Waals surface area contributed by atoms with Gasteiger partial charge < -0.3 is 9.84 Å². The Morgan fingerprint density at radius 3 is 2.54 bits per heavy atom. The van der Waals surface area contributed by atoms with E-state index in [1.165, 1.54) is 0 Å². The van der Waals surface area contributed by atoms with Gasteiger partial charge in [0, 0.05) is 6.42 Å². The number of aliphatic hydroxyl groups is 1. The number of rotatable bonds is 2. The van der Waals surface area contributed by atoms with E-state index in [2.05, 4.69) is 19.9 Å². The van der Waals surface area contributed by atoms with Crippen molar-refractivity contribution in [1.82, 2.24) is 0 Å². The predicted molar refractivity (Wildman–Crippen MR) is 51.5 cm³/mol. The van der Waals surface area contributed by atoms with Crippen LogP contribution < -0.4 is 0 Å². The van der Waals surface area contributed by atoms with Gasteiger partial charge in [-0.05, 0) is 18.3 Å². The SMILES string of the molecule is CC1(C)C=CC(O)(CC2CO2)CC1. The van der Waals surface area contributed by atoms with Crippen LogP contribution in [-0.2, 0) is 4.74 Å². The van der Waals surface area contributed by atoms with Crippen LogP contribution in [0.15, 0.2) is 12.2 Å². The highest BCUT2D eigenvalue weighted by atomic mass is 16.6. The van der Waals surface area contributed by atoms with Gasteiger partial charge in [-0.25, -0.2) is 0 Å². The summed E-state index contributed by atoms with van der Waals surface area (Å²) in [5, 5.41) is 10.1. The first kappa shape index (κ1) is 9.22. The first-order chi connectivity index (χ1) is 5.99. The molecule has 74 valence electrons. The number of allylic oxidation sites excluding steroid dienone is 1. The molecule has 2 unspecified atom stereocenters. The van der Waals surface area contributed by atoms with Crippen molar-refractivity contribution in [1.29, 1.82) is 0 Å². The molecule has 13 heavy (non-hydrogen) atoms. The third-order valence-electron chi connectivity index (χ3n) is 3.03. The molecule has 2 rings (SSSR count). The molecule has 1 aliphatic heterocycles. The van der Waals surface area contributed by atoms with E-state index in [4.69, 9.17) is 4.74 Å². The fourth-order valence-electron chi connectivity index (χ4n) is 1.84. The van der Waals surface area contributed by atoms with Gasteiger partial charge in [-0.2, -0.15) is 0 Å². The Bertz CT molecular complexity index is 228. The average Bonchev–Trinajstić information content (AvgIpc) is 2.81. The van der Waals surface area contributed by atoms with E-state index in [1.807, 2.05) is 6.08 Å². The van der Waals surface area contributed by atoms with E-state index in [0.717, 1.165) is 25.9 Å². The number of hydrogen-bond donors (Lipinski definition) is 1. The Morgan fingerprint density at radius 2 is 2.08 bits per heavy atom. The molecule has 2 atom stereocenters. The molecule has 0 saturated carbocycles. The van der Waals surface area contributed by atoms with Crippen molar-refractivity contribution in [2.24, 2.45) is 5.41 Å². The van der Waals surface area contributed by atoms with E-state index in [9.17, 15) is 5.11 Å². The topological polar surface area (TPSA) is 32.8 Å². The Balaban J connectivity index is 2.00. The zero-order chi connectivity index (χ0) is 9.53. The molecule has 1 N–H and O–H groups in total. The number of epoxide rings is 1. The Hall–Kier alpha value is -0.340. The Kier molecular flexibility index (Phi) is 2.00. The zero-order valence-corrected chi connectivity index (χ0v) is 8.42. The standard InChI is InChI=1S/C11H18O2/c1-10(2)3-5-11(12,6-4-10)7-9-8-13-9/h3,5,9,12H,4,6-8H2,1-2H3. The third-order valence-corrected chi connectivity index (χ3v) is 3.03. The molecule has 0 bridgehead atoms. The molecule has 1 saturated heterocycles. The van der Waals surface area contributed by atoms with Crippen LogP contribution in [0, 0.1) is 5.41 Å². The van der Waals surface area contributed by atoms with Crippen molar-refractivity contribution >= 4 is 0 Å². The van der Waals surface area contributed by atoms with Crippen molar-refractivity contribution in [3.63, 3.8) is 0 Å². The molecule has 0 aromatic rings. The van der Waals surface area contributed by atoms with Crippen LogP contribution in [0.5, 0.6) is 0 Å². The average molecular weight is 182 g/mol. The minimum atomic E-state index is -0.587. The maximum Gasteiger partial charge on any atom is 0.0853 e. The minimum Gasteiger partial charge on any atom is -0.386 e. The molecule has 1 aliphatic carbocycles. The lowest BCUT2D eigenvalue weighted by molar-refractivity contribution is 0.0450. The van der Waals surface area contributed by atoms with Gasteiger partial charge in [-0.15, -0.1) is 0 Å². The summed E-state index contributed by atoms with van der Waals surface area (Å²) >= 11 is 0. The lowest BCUT2D eigenvalue weighted by atomic mass is 9.75. The second kappa shape index (κ2) is 2.82. The van der Waals surface area contributed by atoms with E-state index in [0.29, 0.717) is 6.10 Å². The van der Waals surface area contributed by atoms with Gasteiger partial charge >= 0.3 is 0 Å². The van der Waals surface area contributed by atoms with Crippen LogP contribution in [0.4, 0.5) is 0 Å². The van der Waals surface area contributed by atoms with Crippen molar-refractivity contribution in [3.05, 3.63) is 12.2 Å². The van der Waals surface area contributed by atoms with Gasteiger partial charge in [0.25, 0.3) is 0 Å². The smallest absolute Gasteiger partial charge is 0.0853 e. The molecular formula is C11H18O2. The van der Waals surface area contributed by atoms with Crippen LogP contribution in [0.2, 0.25) is 0 Å². The summed E-state index contributed by atoms with van der Waals surface area (Å²) in [6.07, 6.45) is 7.13. The van der Waals surface area contributed by atoms with Crippen LogP contribution >= 0.6 is 0 Å². The number of ether oxygens (including phenoxy) is 1. The van der Waals surface area contributed by atoms with Crippen LogP contribution in [0.1, 0.15) is 33.1 Å². The molecule has 0 aromatic heterocycles. The highest BCUT2D eigenvalue weighted by Gasteiger charge is 2.37. The molecule has 2 nitrogen and oxygen atoms in total. The Labute approximate surface area is 79.6 Å². The zero-order valence-electron chi connectivity index (χ0n) is 8.42. The monoisotopic (exact) mass is 182 g/mol. The predicted octanol–water partition coefficient (Wildman–Crippen LogP) is 1.88. The third kappa shape index (κ3) is 2.32. The van der Waals surface area contributed by atoms with Crippen molar-refractivity contribution in [2.45, 2.75) is 44.8 Å². The van der Waals surface area contributed by atoms with Gasteiger partial charge in [-0.3, -0.25) is 0 Å². The van der Waals surface area contributed by atoms with Crippen molar-refractivity contribution in [3.8, 4) is 0 Å². The largest absolute Gasteiger partial charge is 0.386 e. The second-order valence-corrected chi connectivity index (χ2v) is 5.08. The first-order valence-corrected chi connectivity index (χ1v) is 5.04. The molecule has 1 fully saturated rings. The molecule has 0 amide bonds. The summed E-state index contributed by atoms with van der Waals surface area (Å²) in [5.41, 5.74) is -0.326. The maximum absolute atomic E-state index is 10.1. The summed E-state index contributed by atoms with van der Waals surface area (Å²) in [6.45, 7) is 5.24. The van der Waals surface area contributed by atoms with Gasteiger partial charge in [0.2, 0.25) is 0 Å². The van der Waals surface area contributed by atoms with E-state index in [-0.39, 0.29) is 5.41 Å².